The highest BCUT2D eigenvalue weighted by molar-refractivity contribution is 8.00. The van der Waals surface area contributed by atoms with E-state index in [0.717, 1.165) is 17.7 Å². The summed E-state index contributed by atoms with van der Waals surface area (Å²) >= 11 is 1.19. The Kier molecular flexibility index (Phi) is 5.52. The van der Waals surface area contributed by atoms with Gasteiger partial charge in [-0.25, -0.2) is 4.68 Å². The fourth-order valence-electron chi connectivity index (χ4n) is 3.21. The van der Waals surface area contributed by atoms with Gasteiger partial charge >= 0.3 is 6.18 Å². The number of hydrogen-bond donors (Lipinski definition) is 2. The molecule has 0 fully saturated rings. The lowest BCUT2D eigenvalue weighted by molar-refractivity contribution is -0.137. The van der Waals surface area contributed by atoms with E-state index in [1.165, 1.54) is 23.9 Å². The monoisotopic (exact) mass is 449 g/mol. The molecule has 0 saturated carbocycles. The zero-order valence-electron chi connectivity index (χ0n) is 16.5. The zero-order chi connectivity index (χ0) is 22.2. The molecule has 4 rings (SSSR count). The number of fused-ring (bicyclic) bond motifs is 1. The van der Waals surface area contributed by atoms with Gasteiger partial charge < -0.3 is 15.5 Å². The first-order valence-corrected chi connectivity index (χ1v) is 10.1. The minimum Gasteiger partial charge on any atom is -0.497 e. The molecular weight excluding hydrogens is 431 g/mol. The molecule has 0 radical (unpaired) electrons. The van der Waals surface area contributed by atoms with Crippen LogP contribution in [0.5, 0.6) is 5.75 Å². The molecule has 0 bridgehead atoms. The second kappa shape index (κ2) is 8.14. The molecule has 1 aliphatic heterocycles. The molecule has 1 aromatic heterocycles. The Balaban J connectivity index is 1.64. The van der Waals surface area contributed by atoms with Gasteiger partial charge in [-0.2, -0.15) is 13.2 Å². The third kappa shape index (κ3) is 4.31. The van der Waals surface area contributed by atoms with Crippen LogP contribution in [0.3, 0.4) is 0 Å². The van der Waals surface area contributed by atoms with Crippen molar-refractivity contribution in [1.82, 2.24) is 14.9 Å². The molecule has 162 valence electrons. The summed E-state index contributed by atoms with van der Waals surface area (Å²) in [7, 11) is 1.56. The molecule has 3 aromatic rings. The van der Waals surface area contributed by atoms with Crippen LogP contribution in [-0.2, 0) is 11.0 Å². The Bertz CT molecular complexity index is 1100. The van der Waals surface area contributed by atoms with E-state index in [4.69, 9.17) is 4.74 Å². The number of carbonyl (C=O) groups is 1. The van der Waals surface area contributed by atoms with Gasteiger partial charge in [-0.3, -0.25) is 4.79 Å². The van der Waals surface area contributed by atoms with Gasteiger partial charge in [0.2, 0.25) is 11.1 Å². The van der Waals surface area contributed by atoms with Crippen molar-refractivity contribution in [3.8, 4) is 5.75 Å². The smallest absolute Gasteiger partial charge is 0.416 e. The summed E-state index contributed by atoms with van der Waals surface area (Å²) in [5, 5.41) is 10.5. The molecule has 0 aliphatic carbocycles. The minimum absolute atomic E-state index is 0.0668. The second-order valence-electron chi connectivity index (χ2n) is 6.85. The third-order valence-electron chi connectivity index (χ3n) is 4.79. The van der Waals surface area contributed by atoms with Crippen molar-refractivity contribution in [3.05, 3.63) is 65.5 Å². The summed E-state index contributed by atoms with van der Waals surface area (Å²) < 4.78 is 45.9. The van der Waals surface area contributed by atoms with Crippen molar-refractivity contribution in [2.75, 3.05) is 17.9 Å². The van der Waals surface area contributed by atoms with E-state index >= 15 is 0 Å². The Morgan fingerprint density at radius 1 is 1.19 bits per heavy atom. The van der Waals surface area contributed by atoms with Gasteiger partial charge in [-0.05, 0) is 42.8 Å². The largest absolute Gasteiger partial charge is 0.497 e. The van der Waals surface area contributed by atoms with Crippen molar-refractivity contribution in [2.45, 2.75) is 29.5 Å². The number of rotatable bonds is 4. The summed E-state index contributed by atoms with van der Waals surface area (Å²) in [5.41, 5.74) is 3.28. The summed E-state index contributed by atoms with van der Waals surface area (Å²) in [6.07, 6.45) is -4.50. The number of nitrogens with one attached hydrogen (secondary N) is 2. The Hall–Kier alpha value is -3.21. The van der Waals surface area contributed by atoms with Crippen molar-refractivity contribution in [3.63, 3.8) is 0 Å². The van der Waals surface area contributed by atoms with Crippen LogP contribution in [0.15, 0.2) is 53.7 Å². The number of ether oxygens (including phenoxy) is 1. The van der Waals surface area contributed by atoms with Gasteiger partial charge in [0.1, 0.15) is 16.8 Å². The number of thioether (sulfide) groups is 1. The molecule has 2 atom stereocenters. The standard InChI is InChI=1S/C20H18F3N5O2S/c1-11-25-26-19-28(11)27-16(12-6-8-15(30-2)9-7-12)17(31-19)18(29)24-14-5-3-4-13(10-14)20(21,22)23/h3-10,16-17,27H,1-2H3,(H,24,29)/t16-,17+/m0/s1. The van der Waals surface area contributed by atoms with E-state index in [1.54, 1.807) is 30.8 Å². The third-order valence-corrected chi connectivity index (χ3v) is 6.00. The summed E-state index contributed by atoms with van der Waals surface area (Å²) in [6, 6.07) is 11.3. The number of anilines is 1. The molecular formula is C20H18F3N5O2S. The quantitative estimate of drug-likeness (QED) is 0.627. The number of amides is 1. The highest BCUT2D eigenvalue weighted by Gasteiger charge is 2.38. The van der Waals surface area contributed by atoms with Crippen LogP contribution >= 0.6 is 11.8 Å². The predicted octanol–water partition coefficient (Wildman–Crippen LogP) is 4.01. The van der Waals surface area contributed by atoms with E-state index in [0.29, 0.717) is 16.7 Å². The number of methoxy groups -OCH3 is 1. The first-order valence-electron chi connectivity index (χ1n) is 9.23. The highest BCUT2D eigenvalue weighted by atomic mass is 32.2. The maximum Gasteiger partial charge on any atom is 0.416 e. The van der Waals surface area contributed by atoms with Crippen molar-refractivity contribution < 1.29 is 22.7 Å². The van der Waals surface area contributed by atoms with Gasteiger partial charge in [0, 0.05) is 5.69 Å². The average molecular weight is 449 g/mol. The van der Waals surface area contributed by atoms with Crippen LogP contribution in [0.1, 0.15) is 23.0 Å². The lowest BCUT2D eigenvalue weighted by Crippen LogP contribution is -2.41. The number of alkyl halides is 3. The fraction of sp³-hybridized carbons (Fsp3) is 0.250. The molecule has 2 heterocycles. The maximum absolute atomic E-state index is 13.1. The fourth-order valence-corrected chi connectivity index (χ4v) is 4.33. The highest BCUT2D eigenvalue weighted by Crippen LogP contribution is 2.38. The lowest BCUT2D eigenvalue weighted by Gasteiger charge is -2.32. The number of carbonyl (C=O) groups excluding carboxylic acids is 1. The minimum atomic E-state index is -4.50. The number of aromatic nitrogens is 3. The van der Waals surface area contributed by atoms with Crippen LogP contribution in [0, 0.1) is 6.92 Å². The van der Waals surface area contributed by atoms with Crippen LogP contribution in [0.4, 0.5) is 18.9 Å². The van der Waals surface area contributed by atoms with Gasteiger partial charge in [0.15, 0.2) is 0 Å². The van der Waals surface area contributed by atoms with E-state index in [9.17, 15) is 18.0 Å². The molecule has 2 N–H and O–H groups in total. The SMILES string of the molecule is COc1ccc([C@@H]2Nn3c(C)nnc3S[C@H]2C(=O)Nc2cccc(C(F)(F)F)c2)cc1. The van der Waals surface area contributed by atoms with Crippen LogP contribution < -0.4 is 15.5 Å². The van der Waals surface area contributed by atoms with Crippen molar-refractivity contribution in [2.24, 2.45) is 0 Å². The number of aryl methyl sites for hydroxylation is 1. The van der Waals surface area contributed by atoms with Crippen molar-refractivity contribution >= 4 is 23.4 Å². The summed E-state index contributed by atoms with van der Waals surface area (Å²) in [5.74, 6) is 0.834. The first kappa shape index (κ1) is 21.0. The van der Waals surface area contributed by atoms with E-state index in [2.05, 4.69) is 20.9 Å². The average Bonchev–Trinajstić information content (AvgIpc) is 3.12. The Morgan fingerprint density at radius 3 is 2.61 bits per heavy atom. The maximum atomic E-state index is 13.1. The molecule has 0 saturated heterocycles. The van der Waals surface area contributed by atoms with Gasteiger partial charge in [-0.15, -0.1) is 10.2 Å². The summed E-state index contributed by atoms with van der Waals surface area (Å²) in [4.78, 5) is 13.1. The number of benzene rings is 2. The normalized spacial score (nSPS) is 18.1. The molecule has 7 nitrogen and oxygen atoms in total. The molecule has 1 amide bonds. The molecule has 11 heteroatoms. The van der Waals surface area contributed by atoms with E-state index in [1.807, 2.05) is 12.1 Å². The molecule has 0 unspecified atom stereocenters. The lowest BCUT2D eigenvalue weighted by atomic mass is 10.0. The summed E-state index contributed by atoms with van der Waals surface area (Å²) in [6.45, 7) is 1.78. The van der Waals surface area contributed by atoms with Crippen molar-refractivity contribution in [1.29, 1.82) is 0 Å². The van der Waals surface area contributed by atoms with E-state index < -0.39 is 28.9 Å². The molecule has 2 aromatic carbocycles. The van der Waals surface area contributed by atoms with Gasteiger partial charge in [0.25, 0.3) is 0 Å². The van der Waals surface area contributed by atoms with Crippen LogP contribution in [0.25, 0.3) is 0 Å². The van der Waals surface area contributed by atoms with Gasteiger partial charge in [0.05, 0.1) is 18.7 Å². The number of hydrogen-bond acceptors (Lipinski definition) is 6. The Labute approximate surface area is 180 Å². The van der Waals surface area contributed by atoms with Gasteiger partial charge in [-0.1, -0.05) is 30.0 Å². The number of halogens is 3. The molecule has 0 spiro atoms. The van der Waals surface area contributed by atoms with Crippen LogP contribution in [0.2, 0.25) is 0 Å². The zero-order valence-corrected chi connectivity index (χ0v) is 17.3. The first-order chi connectivity index (χ1) is 14.8. The number of nitrogens with zero attached hydrogens (tertiary/aromatic N) is 3. The molecule has 1 aliphatic rings. The molecule has 31 heavy (non-hydrogen) atoms. The van der Waals surface area contributed by atoms with Crippen LogP contribution in [-0.4, -0.2) is 33.1 Å². The topological polar surface area (TPSA) is 81.1 Å². The van der Waals surface area contributed by atoms with E-state index in [-0.39, 0.29) is 5.69 Å². The second-order valence-corrected chi connectivity index (χ2v) is 7.96. The Morgan fingerprint density at radius 2 is 1.94 bits per heavy atom. The predicted molar refractivity (Wildman–Crippen MR) is 110 cm³/mol.